The highest BCUT2D eigenvalue weighted by Gasteiger charge is 2.13. The van der Waals surface area contributed by atoms with E-state index in [2.05, 4.69) is 24.3 Å². The van der Waals surface area contributed by atoms with Crippen molar-refractivity contribution in [1.82, 2.24) is 0 Å². The molecule has 0 amide bonds. The number of rotatable bonds is 7. The quantitative estimate of drug-likeness (QED) is 0.707. The van der Waals surface area contributed by atoms with E-state index >= 15 is 0 Å². The van der Waals surface area contributed by atoms with Crippen LogP contribution in [0.2, 0.25) is 0 Å². The van der Waals surface area contributed by atoms with Gasteiger partial charge in [-0.25, -0.2) is 0 Å². The second kappa shape index (κ2) is 8.31. The van der Waals surface area contributed by atoms with E-state index in [1.54, 1.807) is 7.11 Å². The maximum absolute atomic E-state index is 5.74. The molecule has 1 atom stereocenters. The van der Waals surface area contributed by atoms with Crippen LogP contribution < -0.4 is 0 Å². The fraction of sp³-hybridized carbons (Fsp3) is 0.625. The van der Waals surface area contributed by atoms with E-state index in [1.807, 2.05) is 0 Å². The molecule has 0 bridgehead atoms. The highest BCUT2D eigenvalue weighted by molar-refractivity contribution is 5.23. The van der Waals surface area contributed by atoms with E-state index in [4.69, 9.17) is 14.2 Å². The third kappa shape index (κ3) is 5.31. The third-order valence-corrected chi connectivity index (χ3v) is 3.35. The first-order valence-corrected chi connectivity index (χ1v) is 7.18. The molecule has 1 fully saturated rings. The van der Waals surface area contributed by atoms with Crippen molar-refractivity contribution in [3.63, 3.8) is 0 Å². The van der Waals surface area contributed by atoms with Crippen LogP contribution in [0.3, 0.4) is 0 Å². The molecule has 0 saturated carbocycles. The Morgan fingerprint density at radius 3 is 2.95 bits per heavy atom. The van der Waals surface area contributed by atoms with Gasteiger partial charge < -0.3 is 14.2 Å². The van der Waals surface area contributed by atoms with Crippen molar-refractivity contribution < 1.29 is 14.2 Å². The van der Waals surface area contributed by atoms with Crippen molar-refractivity contribution >= 4 is 0 Å². The van der Waals surface area contributed by atoms with Crippen LogP contribution in [-0.4, -0.2) is 26.6 Å². The number of hydrogen-bond donors (Lipinski definition) is 0. The van der Waals surface area contributed by atoms with Gasteiger partial charge in [0.2, 0.25) is 0 Å². The van der Waals surface area contributed by atoms with Crippen molar-refractivity contribution in [3.05, 3.63) is 35.4 Å². The molecule has 0 aromatic heterocycles. The third-order valence-electron chi connectivity index (χ3n) is 3.35. The molecule has 1 aliphatic heterocycles. The zero-order valence-corrected chi connectivity index (χ0v) is 11.8. The van der Waals surface area contributed by atoms with E-state index < -0.39 is 0 Å². The molecule has 1 saturated heterocycles. The van der Waals surface area contributed by atoms with E-state index in [0.717, 1.165) is 32.5 Å². The van der Waals surface area contributed by atoms with Gasteiger partial charge in [0.1, 0.15) is 0 Å². The summed E-state index contributed by atoms with van der Waals surface area (Å²) < 4.78 is 16.4. The lowest BCUT2D eigenvalue weighted by atomic mass is 10.1. The first kappa shape index (κ1) is 14.5. The first-order valence-electron chi connectivity index (χ1n) is 7.18. The number of ether oxygens (including phenoxy) is 3. The Morgan fingerprint density at radius 1 is 1.26 bits per heavy atom. The number of hydrogen-bond acceptors (Lipinski definition) is 3. The molecule has 19 heavy (non-hydrogen) atoms. The number of aryl methyl sites for hydroxylation is 1. The Hall–Kier alpha value is -0.900. The summed E-state index contributed by atoms with van der Waals surface area (Å²) in [6, 6.07) is 8.56. The predicted octanol–water partition coefficient (Wildman–Crippen LogP) is 3.31. The van der Waals surface area contributed by atoms with Gasteiger partial charge in [0.15, 0.2) is 6.29 Å². The van der Waals surface area contributed by atoms with Crippen molar-refractivity contribution in [2.45, 2.75) is 45.0 Å². The number of benzene rings is 1. The fourth-order valence-corrected chi connectivity index (χ4v) is 2.38. The Bertz CT molecular complexity index is 359. The fourth-order valence-electron chi connectivity index (χ4n) is 2.38. The maximum atomic E-state index is 5.74. The molecule has 0 N–H and O–H groups in total. The van der Waals surface area contributed by atoms with Gasteiger partial charge in [-0.1, -0.05) is 24.3 Å². The van der Waals surface area contributed by atoms with Crippen molar-refractivity contribution in [3.8, 4) is 0 Å². The molecule has 1 heterocycles. The monoisotopic (exact) mass is 264 g/mol. The minimum Gasteiger partial charge on any atom is -0.380 e. The molecule has 1 unspecified atom stereocenters. The van der Waals surface area contributed by atoms with Crippen LogP contribution in [0, 0.1) is 0 Å². The predicted molar refractivity (Wildman–Crippen MR) is 75.0 cm³/mol. The Kier molecular flexibility index (Phi) is 6.34. The van der Waals surface area contributed by atoms with Gasteiger partial charge in [0, 0.05) is 13.7 Å². The highest BCUT2D eigenvalue weighted by atomic mass is 16.7. The zero-order chi connectivity index (χ0) is 13.3. The van der Waals surface area contributed by atoms with Gasteiger partial charge >= 0.3 is 0 Å². The molecular formula is C16H24O3. The van der Waals surface area contributed by atoms with Gasteiger partial charge in [0.25, 0.3) is 0 Å². The van der Waals surface area contributed by atoms with Crippen LogP contribution in [0.25, 0.3) is 0 Å². The van der Waals surface area contributed by atoms with E-state index in [1.165, 1.54) is 24.0 Å². The van der Waals surface area contributed by atoms with Crippen LogP contribution >= 0.6 is 0 Å². The molecule has 1 aliphatic rings. The second-order valence-electron chi connectivity index (χ2n) is 5.02. The average Bonchev–Trinajstić information content (AvgIpc) is 2.46. The topological polar surface area (TPSA) is 27.7 Å². The van der Waals surface area contributed by atoms with Gasteiger partial charge in [-0.15, -0.1) is 0 Å². The van der Waals surface area contributed by atoms with Gasteiger partial charge in [-0.2, -0.15) is 0 Å². The van der Waals surface area contributed by atoms with Crippen LogP contribution in [-0.2, 0) is 27.2 Å². The lowest BCUT2D eigenvalue weighted by molar-refractivity contribution is -0.162. The maximum Gasteiger partial charge on any atom is 0.157 e. The molecule has 0 radical (unpaired) electrons. The SMILES string of the molecule is COCc1cccc(CCCOC2CCCCO2)c1. The molecule has 3 heteroatoms. The lowest BCUT2D eigenvalue weighted by Crippen LogP contribution is -2.22. The van der Waals surface area contributed by atoms with E-state index in [0.29, 0.717) is 6.61 Å². The Labute approximate surface area is 115 Å². The molecule has 0 aliphatic carbocycles. The van der Waals surface area contributed by atoms with E-state index in [-0.39, 0.29) is 6.29 Å². The first-order chi connectivity index (χ1) is 9.38. The van der Waals surface area contributed by atoms with Gasteiger partial charge in [0.05, 0.1) is 13.2 Å². The van der Waals surface area contributed by atoms with Crippen molar-refractivity contribution in [2.75, 3.05) is 20.3 Å². The minimum absolute atomic E-state index is 0.0357. The minimum atomic E-state index is 0.0357. The van der Waals surface area contributed by atoms with Crippen LogP contribution in [0.1, 0.15) is 36.8 Å². The van der Waals surface area contributed by atoms with Crippen molar-refractivity contribution in [1.29, 1.82) is 0 Å². The van der Waals surface area contributed by atoms with Gasteiger partial charge in [-0.05, 0) is 43.2 Å². The van der Waals surface area contributed by atoms with Gasteiger partial charge in [-0.3, -0.25) is 0 Å². The smallest absolute Gasteiger partial charge is 0.157 e. The van der Waals surface area contributed by atoms with E-state index in [9.17, 15) is 0 Å². The molecule has 1 aromatic carbocycles. The van der Waals surface area contributed by atoms with Crippen LogP contribution in [0.4, 0.5) is 0 Å². The summed E-state index contributed by atoms with van der Waals surface area (Å²) in [6.07, 6.45) is 5.56. The van der Waals surface area contributed by atoms with Crippen LogP contribution in [0.5, 0.6) is 0 Å². The molecule has 106 valence electrons. The average molecular weight is 264 g/mol. The summed E-state index contributed by atoms with van der Waals surface area (Å²) in [5, 5.41) is 0. The lowest BCUT2D eigenvalue weighted by Gasteiger charge is -2.22. The summed E-state index contributed by atoms with van der Waals surface area (Å²) in [7, 11) is 1.73. The second-order valence-corrected chi connectivity index (χ2v) is 5.02. The molecule has 0 spiro atoms. The highest BCUT2D eigenvalue weighted by Crippen LogP contribution is 2.14. The summed E-state index contributed by atoms with van der Waals surface area (Å²) in [4.78, 5) is 0. The molecule has 3 nitrogen and oxygen atoms in total. The molecule has 1 aromatic rings. The normalized spacial score (nSPS) is 19.5. The summed E-state index contributed by atoms with van der Waals surface area (Å²) in [5.74, 6) is 0. The Morgan fingerprint density at radius 2 is 2.16 bits per heavy atom. The zero-order valence-electron chi connectivity index (χ0n) is 11.8. The van der Waals surface area contributed by atoms with Crippen molar-refractivity contribution in [2.24, 2.45) is 0 Å². The molecular weight excluding hydrogens is 240 g/mol. The van der Waals surface area contributed by atoms with Crippen LogP contribution in [0.15, 0.2) is 24.3 Å². The summed E-state index contributed by atoms with van der Waals surface area (Å²) >= 11 is 0. The Balaban J connectivity index is 1.65. The number of methoxy groups -OCH3 is 1. The largest absolute Gasteiger partial charge is 0.380 e. The standard InChI is InChI=1S/C16H24O3/c1-17-13-15-7-4-6-14(12-15)8-5-11-19-16-9-2-3-10-18-16/h4,6-7,12,16H,2-3,5,8-11,13H2,1H3. The summed E-state index contributed by atoms with van der Waals surface area (Å²) in [5.41, 5.74) is 2.58. The molecule has 2 rings (SSSR count). The summed E-state index contributed by atoms with van der Waals surface area (Å²) in [6.45, 7) is 2.31.